The first-order valence-electron chi connectivity index (χ1n) is 5.65. The van der Waals surface area contributed by atoms with Crippen LogP contribution in [-0.4, -0.2) is 21.3 Å². The molecule has 2 rings (SSSR count). The van der Waals surface area contributed by atoms with Crippen LogP contribution in [-0.2, 0) is 0 Å². The number of anilines is 1. The van der Waals surface area contributed by atoms with Gasteiger partial charge in [0.05, 0.1) is 5.39 Å². The highest BCUT2D eigenvalue weighted by molar-refractivity contribution is 6.50. The normalized spacial score (nSPS) is 10.4. The minimum Gasteiger partial charge on any atom is -0.418 e. The molecule has 0 atom stereocenters. The monoisotopic (exact) mass is 285 g/mol. The maximum atomic E-state index is 9.75. The first kappa shape index (κ1) is 15.8. The van der Waals surface area contributed by atoms with Crippen LogP contribution in [0.2, 0.25) is 0 Å². The van der Waals surface area contributed by atoms with Crippen molar-refractivity contribution in [3.8, 4) is 0 Å². The zero-order valence-electron chi connectivity index (χ0n) is 10.9. The largest absolute Gasteiger partial charge is 0.673 e. The van der Waals surface area contributed by atoms with E-state index in [2.05, 4.69) is 4.98 Å². The molecule has 0 bridgehead atoms. The maximum Gasteiger partial charge on any atom is 0.673 e. The molecule has 0 heterocycles. The molecule has 0 aromatic heterocycles. The number of benzene rings is 2. The molecule has 2 aromatic carbocycles. The molecule has 0 fully saturated rings. The van der Waals surface area contributed by atoms with E-state index in [4.69, 9.17) is 5.39 Å². The smallest absolute Gasteiger partial charge is 0.418 e. The number of diazo groups is 1. The van der Waals surface area contributed by atoms with E-state index in [0.717, 1.165) is 16.5 Å². The second kappa shape index (κ2) is 6.24. The van der Waals surface area contributed by atoms with Gasteiger partial charge >= 0.3 is 12.9 Å². The van der Waals surface area contributed by atoms with Crippen molar-refractivity contribution >= 4 is 29.4 Å². The number of fused-ring (bicyclic) bond motifs is 1. The molecule has 0 aliphatic rings. The van der Waals surface area contributed by atoms with Gasteiger partial charge in [0.25, 0.3) is 0 Å². The Bertz CT molecular complexity index is 629. The second-order valence-corrected chi connectivity index (χ2v) is 4.14. The van der Waals surface area contributed by atoms with Crippen LogP contribution in [0.25, 0.3) is 15.7 Å². The number of nitrogens with zero attached hydrogens (tertiary/aromatic N) is 3. The quantitative estimate of drug-likeness (QED) is 0.432. The summed E-state index contributed by atoms with van der Waals surface area (Å²) in [4.78, 5) is 5.31. The molecular weight excluding hydrogens is 273 g/mol. The SMILES string of the molecule is CN(C)c1ccc2ccccc2c1[N+]#N.F[B-](F)(F)F. The van der Waals surface area contributed by atoms with Crippen molar-refractivity contribution in [2.75, 3.05) is 19.0 Å². The third-order valence-corrected chi connectivity index (χ3v) is 2.46. The Morgan fingerprint density at radius 3 is 2.05 bits per heavy atom. The fourth-order valence-corrected chi connectivity index (χ4v) is 1.71. The maximum absolute atomic E-state index is 9.75. The minimum atomic E-state index is -6.00. The van der Waals surface area contributed by atoms with Crippen LogP contribution in [0.1, 0.15) is 0 Å². The van der Waals surface area contributed by atoms with E-state index in [1.54, 1.807) is 0 Å². The van der Waals surface area contributed by atoms with Gasteiger partial charge in [0.1, 0.15) is 5.69 Å². The van der Waals surface area contributed by atoms with E-state index in [1.807, 2.05) is 55.4 Å². The average molecular weight is 285 g/mol. The summed E-state index contributed by atoms with van der Waals surface area (Å²) in [5.41, 5.74) is 1.54. The van der Waals surface area contributed by atoms with Crippen LogP contribution in [0.5, 0.6) is 0 Å². The summed E-state index contributed by atoms with van der Waals surface area (Å²) in [6, 6.07) is 11.9. The molecule has 0 N–H and O–H groups in total. The summed E-state index contributed by atoms with van der Waals surface area (Å²) in [5, 5.41) is 11.1. The van der Waals surface area contributed by atoms with Gasteiger partial charge < -0.3 is 22.2 Å². The molecular formula is C12H12BF4N3. The van der Waals surface area contributed by atoms with Crippen LogP contribution >= 0.6 is 0 Å². The molecule has 8 heteroatoms. The van der Waals surface area contributed by atoms with Gasteiger partial charge in [-0.15, -0.1) is 0 Å². The van der Waals surface area contributed by atoms with Gasteiger partial charge in [-0.3, -0.25) is 0 Å². The van der Waals surface area contributed by atoms with Crippen LogP contribution in [0, 0.1) is 5.39 Å². The standard InChI is InChI=1S/C12H12N3.BF4/c1-15(2)11-8-7-9-5-3-4-6-10(9)12(11)14-13;2-1(3,4)5/h3-8H,1-2H3;/q+1;-1. The summed E-state index contributed by atoms with van der Waals surface area (Å²) in [6.45, 7) is 0. The highest BCUT2D eigenvalue weighted by Crippen LogP contribution is 2.35. The molecule has 0 saturated heterocycles. The van der Waals surface area contributed by atoms with E-state index >= 15 is 0 Å². The van der Waals surface area contributed by atoms with E-state index in [-0.39, 0.29) is 0 Å². The molecule has 0 amide bonds. The summed E-state index contributed by atoms with van der Waals surface area (Å²) in [7, 11) is -2.14. The van der Waals surface area contributed by atoms with Crippen molar-refractivity contribution in [3.05, 3.63) is 41.4 Å². The van der Waals surface area contributed by atoms with E-state index < -0.39 is 7.25 Å². The lowest BCUT2D eigenvalue weighted by atomic mass is 10.1. The number of hydrogen-bond acceptors (Lipinski definition) is 2. The van der Waals surface area contributed by atoms with Crippen LogP contribution < -0.4 is 4.90 Å². The Kier molecular flexibility index (Phi) is 4.91. The first-order valence-corrected chi connectivity index (χ1v) is 5.65. The van der Waals surface area contributed by atoms with Crippen molar-refractivity contribution in [1.29, 1.82) is 5.39 Å². The summed E-state index contributed by atoms with van der Waals surface area (Å²) in [6.07, 6.45) is 0. The molecule has 3 nitrogen and oxygen atoms in total. The fraction of sp³-hybridized carbons (Fsp3) is 0.167. The molecule has 20 heavy (non-hydrogen) atoms. The number of halogens is 4. The van der Waals surface area contributed by atoms with Gasteiger partial charge in [-0.05, 0) is 17.5 Å². The minimum absolute atomic E-state index is 0.623. The Hall–Kier alpha value is -2.30. The van der Waals surface area contributed by atoms with E-state index in [9.17, 15) is 17.3 Å². The van der Waals surface area contributed by atoms with Crippen LogP contribution in [0.15, 0.2) is 36.4 Å². The Morgan fingerprint density at radius 1 is 1.00 bits per heavy atom. The van der Waals surface area contributed by atoms with Gasteiger partial charge in [-0.1, -0.05) is 24.3 Å². The van der Waals surface area contributed by atoms with Gasteiger partial charge in [0.15, 0.2) is 4.98 Å². The number of hydrogen-bond donors (Lipinski definition) is 0. The number of rotatable bonds is 1. The third-order valence-electron chi connectivity index (χ3n) is 2.46. The zero-order chi connectivity index (χ0) is 15.3. The third kappa shape index (κ3) is 4.42. The van der Waals surface area contributed by atoms with Crippen molar-refractivity contribution in [3.63, 3.8) is 0 Å². The molecule has 0 spiro atoms. The molecule has 2 aromatic rings. The Morgan fingerprint density at radius 2 is 1.55 bits per heavy atom. The van der Waals surface area contributed by atoms with Crippen molar-refractivity contribution < 1.29 is 17.3 Å². The lowest BCUT2D eigenvalue weighted by Gasteiger charge is -2.09. The average Bonchev–Trinajstić information content (AvgIpc) is 2.35. The highest BCUT2D eigenvalue weighted by Gasteiger charge is 2.20. The molecule has 0 unspecified atom stereocenters. The van der Waals surface area contributed by atoms with E-state index in [0.29, 0.717) is 5.69 Å². The Labute approximate surface area is 113 Å². The Balaban J connectivity index is 0.000000347. The van der Waals surface area contributed by atoms with E-state index in [1.165, 1.54) is 0 Å². The van der Waals surface area contributed by atoms with Crippen LogP contribution in [0.4, 0.5) is 28.6 Å². The topological polar surface area (TPSA) is 31.4 Å². The highest BCUT2D eigenvalue weighted by atomic mass is 19.5. The second-order valence-electron chi connectivity index (χ2n) is 4.14. The predicted molar refractivity (Wildman–Crippen MR) is 73.2 cm³/mol. The van der Waals surface area contributed by atoms with Gasteiger partial charge in [-0.25, -0.2) is 0 Å². The zero-order valence-corrected chi connectivity index (χ0v) is 10.9. The molecule has 0 aliphatic heterocycles. The first-order chi connectivity index (χ1) is 9.24. The van der Waals surface area contributed by atoms with Crippen molar-refractivity contribution in [2.45, 2.75) is 0 Å². The fourth-order valence-electron chi connectivity index (χ4n) is 1.71. The lowest BCUT2D eigenvalue weighted by Crippen LogP contribution is -2.08. The summed E-state index contributed by atoms with van der Waals surface area (Å²) in [5.74, 6) is 0. The molecule has 106 valence electrons. The molecule has 0 radical (unpaired) electrons. The van der Waals surface area contributed by atoms with Crippen molar-refractivity contribution in [1.82, 2.24) is 0 Å². The van der Waals surface area contributed by atoms with Gasteiger partial charge in [0, 0.05) is 14.1 Å². The predicted octanol–water partition coefficient (Wildman–Crippen LogP) is 4.69. The molecule has 0 saturated carbocycles. The molecule has 0 aliphatic carbocycles. The van der Waals surface area contributed by atoms with Crippen LogP contribution in [0.3, 0.4) is 0 Å². The van der Waals surface area contributed by atoms with Crippen molar-refractivity contribution in [2.24, 2.45) is 0 Å². The lowest BCUT2D eigenvalue weighted by molar-refractivity contribution is 0.368. The van der Waals surface area contributed by atoms with Gasteiger partial charge in [-0.2, -0.15) is 0 Å². The van der Waals surface area contributed by atoms with Gasteiger partial charge in [0.2, 0.25) is 5.39 Å². The summed E-state index contributed by atoms with van der Waals surface area (Å²) >= 11 is 0. The summed E-state index contributed by atoms with van der Waals surface area (Å²) < 4.78 is 39.0.